The second-order valence-electron chi connectivity index (χ2n) is 10.1. The zero-order chi connectivity index (χ0) is 21.6. The molecule has 2 aromatic heterocycles. The van der Waals surface area contributed by atoms with E-state index in [0.29, 0.717) is 25.9 Å². The molecule has 3 aliphatic heterocycles. The van der Waals surface area contributed by atoms with Gasteiger partial charge in [-0.15, -0.1) is 0 Å². The molecule has 5 rings (SSSR count). The molecule has 3 saturated heterocycles. The second-order valence-corrected chi connectivity index (χ2v) is 14.9. The molecular formula is C20H36N7O2Si+. The van der Waals surface area contributed by atoms with E-state index in [1.807, 2.05) is 4.57 Å². The SMILES string of the molecule is CC(C)(C)[Si](C)(C)OCCOCn1cnc2c([N+]34CCN(CC3)CC4)nc(N)nc21. The lowest BCUT2D eigenvalue weighted by molar-refractivity contribution is 0.0525. The fraction of sp³-hybridized carbons (Fsp3) is 0.750. The largest absolute Gasteiger partial charge is 0.414 e. The molecule has 0 unspecified atom stereocenters. The molecule has 0 aromatic carbocycles. The van der Waals surface area contributed by atoms with Crippen LogP contribution in [0.25, 0.3) is 11.2 Å². The van der Waals surface area contributed by atoms with Crippen LogP contribution >= 0.6 is 0 Å². The lowest BCUT2D eigenvalue weighted by Crippen LogP contribution is -2.68. The average molecular weight is 435 g/mol. The summed E-state index contributed by atoms with van der Waals surface area (Å²) in [6, 6.07) is 0. The minimum atomic E-state index is -1.75. The first-order valence-electron chi connectivity index (χ1n) is 10.9. The second kappa shape index (κ2) is 7.83. The number of ether oxygens (including phenoxy) is 1. The number of nitrogens with two attached hydrogens (primary N) is 1. The van der Waals surface area contributed by atoms with E-state index in [1.54, 1.807) is 6.33 Å². The van der Waals surface area contributed by atoms with Gasteiger partial charge in [-0.1, -0.05) is 20.8 Å². The van der Waals surface area contributed by atoms with Gasteiger partial charge in [0.1, 0.15) is 6.73 Å². The molecule has 0 saturated carbocycles. The van der Waals surface area contributed by atoms with Crippen molar-refractivity contribution in [3.63, 3.8) is 0 Å². The van der Waals surface area contributed by atoms with Crippen molar-refractivity contribution in [2.45, 2.75) is 45.6 Å². The summed E-state index contributed by atoms with van der Waals surface area (Å²) < 4.78 is 14.9. The van der Waals surface area contributed by atoms with E-state index >= 15 is 0 Å². The maximum Gasteiger partial charge on any atom is 0.261 e. The van der Waals surface area contributed by atoms with Crippen molar-refractivity contribution in [1.29, 1.82) is 0 Å². The molecule has 9 nitrogen and oxygen atoms in total. The molecule has 30 heavy (non-hydrogen) atoms. The summed E-state index contributed by atoms with van der Waals surface area (Å²) in [5.74, 6) is 1.28. The van der Waals surface area contributed by atoms with Gasteiger partial charge in [0.25, 0.3) is 5.82 Å². The zero-order valence-corrected chi connectivity index (χ0v) is 20.0. The first-order chi connectivity index (χ1) is 14.1. The predicted molar refractivity (Wildman–Crippen MR) is 122 cm³/mol. The van der Waals surface area contributed by atoms with E-state index in [2.05, 4.69) is 53.7 Å². The van der Waals surface area contributed by atoms with E-state index in [9.17, 15) is 0 Å². The number of quaternary nitrogens is 1. The minimum absolute atomic E-state index is 0.200. The molecule has 0 spiro atoms. The van der Waals surface area contributed by atoms with Gasteiger partial charge in [-0.2, -0.15) is 9.97 Å². The Bertz CT molecular complexity index is 887. The fourth-order valence-electron chi connectivity index (χ4n) is 4.09. The number of anilines is 1. The van der Waals surface area contributed by atoms with E-state index in [0.717, 1.165) is 60.7 Å². The first kappa shape index (κ1) is 21.6. The van der Waals surface area contributed by atoms with E-state index in [1.165, 1.54) is 0 Å². The van der Waals surface area contributed by atoms with E-state index < -0.39 is 8.32 Å². The van der Waals surface area contributed by atoms with E-state index in [4.69, 9.17) is 14.9 Å². The van der Waals surface area contributed by atoms with Crippen LogP contribution in [0.1, 0.15) is 20.8 Å². The Morgan fingerprint density at radius 3 is 2.40 bits per heavy atom. The van der Waals surface area contributed by atoms with Crippen LogP contribution < -0.4 is 10.2 Å². The van der Waals surface area contributed by atoms with Crippen molar-refractivity contribution < 1.29 is 9.16 Å². The summed E-state index contributed by atoms with van der Waals surface area (Å²) in [6.07, 6.45) is 1.79. The number of nitrogen functional groups attached to an aromatic ring is 1. The van der Waals surface area contributed by atoms with Crippen molar-refractivity contribution in [1.82, 2.24) is 28.9 Å². The van der Waals surface area contributed by atoms with Crippen molar-refractivity contribution in [3.05, 3.63) is 6.33 Å². The van der Waals surface area contributed by atoms with Gasteiger partial charge in [-0.25, -0.2) is 4.98 Å². The van der Waals surface area contributed by atoms with Crippen molar-refractivity contribution in [3.8, 4) is 0 Å². The van der Waals surface area contributed by atoms with Crippen LogP contribution in [0.2, 0.25) is 18.1 Å². The van der Waals surface area contributed by atoms with Gasteiger partial charge in [-0.3, -0.25) is 14.0 Å². The topological polar surface area (TPSA) is 91.3 Å². The van der Waals surface area contributed by atoms with Crippen LogP contribution in [-0.2, 0) is 15.9 Å². The Kier molecular flexibility index (Phi) is 5.65. The van der Waals surface area contributed by atoms with Gasteiger partial charge in [0.05, 0.1) is 39.2 Å². The standard InChI is InChI=1S/C20H36N7O2Si/c1-20(2,3)30(4,5)29-13-12-28-15-26-14-22-16-17(26)23-19(21)24-18(16)27-9-6-25(7-10-27)8-11-27/h14H,6-13,15H2,1-5H3,(H2,21,23,24)/q+1. The highest BCUT2D eigenvalue weighted by Gasteiger charge is 2.43. The maximum atomic E-state index is 6.19. The zero-order valence-electron chi connectivity index (χ0n) is 19.0. The Morgan fingerprint density at radius 2 is 1.77 bits per heavy atom. The van der Waals surface area contributed by atoms with Gasteiger partial charge < -0.3 is 14.9 Å². The van der Waals surface area contributed by atoms with Gasteiger partial charge in [0.15, 0.2) is 19.5 Å². The number of fused-ring (bicyclic) bond motifs is 4. The summed E-state index contributed by atoms with van der Waals surface area (Å²) >= 11 is 0. The Morgan fingerprint density at radius 1 is 1.10 bits per heavy atom. The monoisotopic (exact) mass is 434 g/mol. The molecule has 0 amide bonds. The molecule has 10 heteroatoms. The van der Waals surface area contributed by atoms with Crippen molar-refractivity contribution in [2.75, 3.05) is 58.2 Å². The summed E-state index contributed by atoms with van der Waals surface area (Å²) in [7, 11) is -1.75. The lowest BCUT2D eigenvalue weighted by atomic mass is 10.1. The van der Waals surface area contributed by atoms with Crippen molar-refractivity contribution >= 4 is 31.2 Å². The molecule has 0 radical (unpaired) electrons. The third-order valence-electron chi connectivity index (χ3n) is 7.17. The minimum Gasteiger partial charge on any atom is -0.414 e. The summed E-state index contributed by atoms with van der Waals surface area (Å²) in [5, 5.41) is 0.200. The third-order valence-corrected chi connectivity index (χ3v) is 11.7. The van der Waals surface area contributed by atoms with Gasteiger partial charge in [0, 0.05) is 19.6 Å². The molecule has 0 atom stereocenters. The molecule has 2 N–H and O–H groups in total. The number of nitrogens with zero attached hydrogens (tertiary/aromatic N) is 6. The van der Waals surface area contributed by atoms with Crippen LogP contribution in [0.4, 0.5) is 11.8 Å². The molecule has 3 fully saturated rings. The fourth-order valence-corrected chi connectivity index (χ4v) is 5.12. The van der Waals surface area contributed by atoms with Crippen LogP contribution in [0.5, 0.6) is 0 Å². The average Bonchev–Trinajstić information content (AvgIpc) is 3.10. The van der Waals surface area contributed by atoms with Crippen LogP contribution in [0, 0.1) is 0 Å². The molecular weight excluding hydrogens is 398 g/mol. The summed E-state index contributed by atoms with van der Waals surface area (Å²) in [6.45, 7) is 19.2. The quantitative estimate of drug-likeness (QED) is 0.405. The number of hydrogen-bond acceptors (Lipinski definition) is 7. The highest BCUT2D eigenvalue weighted by molar-refractivity contribution is 6.74. The Labute approximate surface area is 179 Å². The van der Waals surface area contributed by atoms with Crippen LogP contribution in [0.15, 0.2) is 6.33 Å². The molecule has 166 valence electrons. The predicted octanol–water partition coefficient (Wildman–Crippen LogP) is 2.04. The summed E-state index contributed by atoms with van der Waals surface area (Å²) in [4.78, 5) is 16.3. The lowest BCUT2D eigenvalue weighted by Gasteiger charge is -2.49. The maximum absolute atomic E-state index is 6.19. The highest BCUT2D eigenvalue weighted by Crippen LogP contribution is 2.36. The number of imidazole rings is 1. The normalized spacial score (nSPS) is 24.6. The number of rotatable bonds is 7. The van der Waals surface area contributed by atoms with Gasteiger partial charge in [0.2, 0.25) is 5.95 Å². The van der Waals surface area contributed by atoms with Gasteiger partial charge >= 0.3 is 0 Å². The molecule has 3 aliphatic rings. The molecule has 2 bridgehead atoms. The molecule has 2 aromatic rings. The van der Waals surface area contributed by atoms with Crippen LogP contribution in [-0.4, -0.2) is 85.2 Å². The highest BCUT2D eigenvalue weighted by atomic mass is 28.4. The first-order valence-corrected chi connectivity index (χ1v) is 13.8. The van der Waals surface area contributed by atoms with Gasteiger partial charge in [-0.05, 0) is 18.1 Å². The molecule has 5 heterocycles. The molecule has 0 aliphatic carbocycles. The number of hydrogen-bond donors (Lipinski definition) is 1. The summed E-state index contributed by atoms with van der Waals surface area (Å²) in [5.41, 5.74) is 7.71. The van der Waals surface area contributed by atoms with Crippen LogP contribution in [0.3, 0.4) is 0 Å². The smallest absolute Gasteiger partial charge is 0.261 e. The Balaban J connectivity index is 1.44. The number of aromatic nitrogens is 4. The third kappa shape index (κ3) is 3.98. The number of piperazine rings is 3. The van der Waals surface area contributed by atoms with E-state index in [-0.39, 0.29) is 5.04 Å². The van der Waals surface area contributed by atoms with Crippen molar-refractivity contribution in [2.24, 2.45) is 0 Å². The Hall–Kier alpha value is -1.59.